The fourth-order valence-electron chi connectivity index (χ4n) is 1.76. The van der Waals surface area contributed by atoms with Crippen LogP contribution in [0.4, 0.5) is 4.79 Å². The van der Waals surface area contributed by atoms with Gasteiger partial charge >= 0.3 is 16.3 Å². The van der Waals surface area contributed by atoms with Gasteiger partial charge in [-0.15, -0.1) is 0 Å². The molecule has 0 spiro atoms. The molecule has 7 nitrogen and oxygen atoms in total. The van der Waals surface area contributed by atoms with E-state index in [1.54, 1.807) is 6.92 Å². The van der Waals surface area contributed by atoms with Gasteiger partial charge in [-0.05, 0) is 25.7 Å². The van der Waals surface area contributed by atoms with Crippen LogP contribution in [0.15, 0.2) is 0 Å². The molecule has 2 N–H and O–H groups in total. The zero-order valence-electron chi connectivity index (χ0n) is 9.76. The normalized spacial score (nSPS) is 21.4. The monoisotopic (exact) mass is 266 g/mol. The number of ether oxygens (including phenoxy) is 1. The number of hydrogen-bond acceptors (Lipinski definition) is 5. The number of aliphatic hydroxyl groups excluding tert-OH is 1. The van der Waals surface area contributed by atoms with Gasteiger partial charge in [0.25, 0.3) is 0 Å². The van der Waals surface area contributed by atoms with Crippen molar-refractivity contribution >= 4 is 16.3 Å². The van der Waals surface area contributed by atoms with E-state index in [4.69, 9.17) is 5.11 Å². The van der Waals surface area contributed by atoms with Gasteiger partial charge in [0, 0.05) is 19.7 Å². The van der Waals surface area contributed by atoms with Gasteiger partial charge in [0.2, 0.25) is 0 Å². The topological polar surface area (TPSA) is 95.9 Å². The Labute approximate surface area is 101 Å². The molecule has 1 saturated heterocycles. The van der Waals surface area contributed by atoms with Crippen LogP contribution in [0, 0.1) is 5.92 Å². The number of rotatable bonds is 5. The van der Waals surface area contributed by atoms with Crippen molar-refractivity contribution in [1.29, 1.82) is 0 Å². The van der Waals surface area contributed by atoms with Crippen molar-refractivity contribution in [2.45, 2.75) is 19.8 Å². The minimum atomic E-state index is -3.81. The molecule has 0 aromatic carbocycles. The van der Waals surface area contributed by atoms with Crippen LogP contribution in [0.2, 0.25) is 0 Å². The number of nitrogens with zero attached hydrogens (tertiary/aromatic N) is 1. The van der Waals surface area contributed by atoms with Crippen molar-refractivity contribution in [3.8, 4) is 0 Å². The van der Waals surface area contributed by atoms with Crippen LogP contribution in [0.25, 0.3) is 0 Å². The van der Waals surface area contributed by atoms with Gasteiger partial charge in [-0.1, -0.05) is 0 Å². The highest BCUT2D eigenvalue weighted by Gasteiger charge is 2.32. The highest BCUT2D eigenvalue weighted by molar-refractivity contribution is 7.87. The summed E-state index contributed by atoms with van der Waals surface area (Å²) in [5, 5.41) is 8.77. The quantitative estimate of drug-likeness (QED) is 0.711. The lowest BCUT2D eigenvalue weighted by molar-refractivity contribution is 0.158. The van der Waals surface area contributed by atoms with E-state index in [1.807, 2.05) is 4.72 Å². The van der Waals surface area contributed by atoms with E-state index in [1.165, 1.54) is 4.31 Å². The molecular formula is C9H18N2O5S. The fraction of sp³-hybridized carbons (Fsp3) is 0.889. The van der Waals surface area contributed by atoms with Crippen LogP contribution in [0.5, 0.6) is 0 Å². The minimum Gasteiger partial charge on any atom is -0.449 e. The lowest BCUT2D eigenvalue weighted by atomic mass is 10.1. The third-order valence-electron chi connectivity index (χ3n) is 2.61. The largest absolute Gasteiger partial charge is 0.449 e. The number of amides is 1. The maximum absolute atomic E-state index is 11.7. The molecule has 0 aliphatic carbocycles. The van der Waals surface area contributed by atoms with Crippen LogP contribution >= 0.6 is 0 Å². The van der Waals surface area contributed by atoms with Crippen molar-refractivity contribution in [3.05, 3.63) is 0 Å². The molecule has 1 aliphatic heterocycles. The number of aliphatic hydroxyl groups is 1. The van der Waals surface area contributed by atoms with Crippen molar-refractivity contribution < 1.29 is 23.1 Å². The summed E-state index contributed by atoms with van der Waals surface area (Å²) in [6, 6.07) is 0. The third kappa shape index (κ3) is 4.14. The van der Waals surface area contributed by atoms with Crippen molar-refractivity contribution in [3.63, 3.8) is 0 Å². The minimum absolute atomic E-state index is 0.0455. The molecule has 1 rings (SSSR count). The van der Waals surface area contributed by atoms with E-state index in [0.29, 0.717) is 25.9 Å². The molecule has 1 heterocycles. The van der Waals surface area contributed by atoms with Crippen LogP contribution < -0.4 is 4.72 Å². The summed E-state index contributed by atoms with van der Waals surface area (Å²) >= 11 is 0. The molecule has 17 heavy (non-hydrogen) atoms. The molecule has 0 saturated carbocycles. The molecule has 8 heteroatoms. The van der Waals surface area contributed by atoms with Gasteiger partial charge < -0.3 is 9.84 Å². The Kier molecular flexibility index (Phi) is 5.16. The molecule has 1 atom stereocenters. The van der Waals surface area contributed by atoms with E-state index in [0.717, 1.165) is 0 Å². The molecule has 1 unspecified atom stereocenters. The van der Waals surface area contributed by atoms with Crippen LogP contribution in [0.3, 0.4) is 0 Å². The number of carbonyl (C=O) groups excluding carboxylic acids is 1. The van der Waals surface area contributed by atoms with Crippen molar-refractivity contribution in [1.82, 2.24) is 9.03 Å². The zero-order valence-corrected chi connectivity index (χ0v) is 10.6. The molecule has 0 radical (unpaired) electrons. The maximum atomic E-state index is 11.7. The lowest BCUT2D eigenvalue weighted by Crippen LogP contribution is -2.42. The summed E-state index contributed by atoms with van der Waals surface area (Å²) in [6.45, 7) is 2.45. The number of carbonyl (C=O) groups is 1. The highest BCUT2D eigenvalue weighted by Crippen LogP contribution is 2.21. The van der Waals surface area contributed by atoms with Crippen molar-refractivity contribution in [2.75, 3.05) is 26.3 Å². The van der Waals surface area contributed by atoms with Gasteiger partial charge in [-0.2, -0.15) is 12.7 Å². The summed E-state index contributed by atoms with van der Waals surface area (Å²) in [4.78, 5) is 11.0. The first-order valence-corrected chi connectivity index (χ1v) is 6.99. The van der Waals surface area contributed by atoms with E-state index >= 15 is 0 Å². The molecule has 1 fully saturated rings. The summed E-state index contributed by atoms with van der Waals surface area (Å²) in [7, 11) is -3.81. The second kappa shape index (κ2) is 6.18. The Bertz CT molecular complexity index is 356. The first-order chi connectivity index (χ1) is 7.99. The molecule has 1 aliphatic rings. The Morgan fingerprint density at radius 3 is 2.88 bits per heavy atom. The Hall–Kier alpha value is -0.860. The van der Waals surface area contributed by atoms with E-state index < -0.39 is 16.3 Å². The first kappa shape index (κ1) is 14.2. The van der Waals surface area contributed by atoms with Crippen LogP contribution in [-0.2, 0) is 14.9 Å². The van der Waals surface area contributed by atoms with Gasteiger partial charge in [0.05, 0.1) is 6.61 Å². The van der Waals surface area contributed by atoms with Gasteiger partial charge in [0.15, 0.2) is 0 Å². The average Bonchev–Trinajstić information content (AvgIpc) is 2.67. The molecule has 0 bridgehead atoms. The average molecular weight is 266 g/mol. The standard InChI is InChI=1S/C9H18N2O5S/c1-2-16-9(13)10-17(14,15)11-5-3-8(7-11)4-6-12/h8,12H,2-7H2,1H3,(H,10,13). The molecule has 0 aromatic rings. The Morgan fingerprint density at radius 1 is 1.59 bits per heavy atom. The predicted molar refractivity (Wildman–Crippen MR) is 60.5 cm³/mol. The van der Waals surface area contributed by atoms with Gasteiger partial charge in [0.1, 0.15) is 0 Å². The SMILES string of the molecule is CCOC(=O)NS(=O)(=O)N1CCC(CCO)C1. The Morgan fingerprint density at radius 2 is 2.29 bits per heavy atom. The smallest absolute Gasteiger partial charge is 0.421 e. The zero-order chi connectivity index (χ0) is 12.9. The summed E-state index contributed by atoms with van der Waals surface area (Å²) in [5.74, 6) is 0.152. The first-order valence-electron chi connectivity index (χ1n) is 5.55. The van der Waals surface area contributed by atoms with E-state index in [9.17, 15) is 13.2 Å². The second-order valence-corrected chi connectivity index (χ2v) is 5.52. The molecular weight excluding hydrogens is 248 g/mol. The van der Waals surface area contributed by atoms with Crippen LogP contribution in [-0.4, -0.2) is 50.2 Å². The predicted octanol–water partition coefficient (Wildman–Crippen LogP) is -0.318. The molecule has 1 amide bonds. The third-order valence-corrected chi connectivity index (χ3v) is 4.05. The maximum Gasteiger partial charge on any atom is 0.421 e. The molecule has 100 valence electrons. The highest BCUT2D eigenvalue weighted by atomic mass is 32.2. The fourth-order valence-corrected chi connectivity index (χ4v) is 2.92. The molecule has 0 aromatic heterocycles. The summed E-state index contributed by atoms with van der Waals surface area (Å²) in [5.41, 5.74) is 0. The van der Waals surface area contributed by atoms with E-state index in [-0.39, 0.29) is 19.1 Å². The number of nitrogens with one attached hydrogen (secondary N) is 1. The van der Waals surface area contributed by atoms with Crippen molar-refractivity contribution in [2.24, 2.45) is 5.92 Å². The second-order valence-electron chi connectivity index (χ2n) is 3.85. The van der Waals surface area contributed by atoms with E-state index in [2.05, 4.69) is 4.74 Å². The van der Waals surface area contributed by atoms with Crippen LogP contribution in [0.1, 0.15) is 19.8 Å². The Balaban J connectivity index is 2.52. The van der Waals surface area contributed by atoms with Gasteiger partial charge in [-0.25, -0.2) is 9.52 Å². The summed E-state index contributed by atoms with van der Waals surface area (Å²) in [6.07, 6.45) is 0.313. The summed E-state index contributed by atoms with van der Waals surface area (Å²) < 4.78 is 31.0. The van der Waals surface area contributed by atoms with Gasteiger partial charge in [-0.3, -0.25) is 0 Å². The number of hydrogen-bond donors (Lipinski definition) is 2. The lowest BCUT2D eigenvalue weighted by Gasteiger charge is -2.16.